The fraction of sp³-hybridized carbons (Fsp3) is 0.250. The summed E-state index contributed by atoms with van der Waals surface area (Å²) < 4.78 is 10.5. The third kappa shape index (κ3) is 2.73. The zero-order valence-electron chi connectivity index (χ0n) is 13.4. The molecule has 0 aliphatic heterocycles. The van der Waals surface area contributed by atoms with Gasteiger partial charge in [-0.3, -0.25) is 9.59 Å². The molecule has 1 atom stereocenters. The largest absolute Gasteiger partial charge is 0.463 e. The van der Waals surface area contributed by atoms with E-state index >= 15 is 0 Å². The number of hydrogen-bond donors (Lipinski definition) is 2. The quantitative estimate of drug-likeness (QED) is 0.753. The molecule has 0 radical (unpaired) electrons. The fourth-order valence-electron chi connectivity index (χ4n) is 2.38. The molecule has 0 fully saturated rings. The van der Waals surface area contributed by atoms with E-state index in [9.17, 15) is 9.59 Å². The standard InChI is InChI=1S/C16H16N4O4/c1-8-13-10(15(22)18-9(2)14(21)17-3)7-11(12-5-4-6-23-12)19-16(13)24-20-8/h4-7,9H,1-3H3,(H,17,21)(H,18,22)/t9-/m0/s1. The van der Waals surface area contributed by atoms with Gasteiger partial charge in [-0.1, -0.05) is 5.16 Å². The normalized spacial score (nSPS) is 12.1. The molecule has 3 aromatic heterocycles. The van der Waals surface area contributed by atoms with Crippen LogP contribution in [0.1, 0.15) is 23.0 Å². The van der Waals surface area contributed by atoms with Crippen molar-refractivity contribution in [2.75, 3.05) is 7.05 Å². The summed E-state index contributed by atoms with van der Waals surface area (Å²) in [5.74, 6) is -0.209. The second kappa shape index (κ2) is 6.15. The van der Waals surface area contributed by atoms with Crippen molar-refractivity contribution in [1.29, 1.82) is 0 Å². The predicted molar refractivity (Wildman–Crippen MR) is 85.2 cm³/mol. The molecule has 24 heavy (non-hydrogen) atoms. The van der Waals surface area contributed by atoms with E-state index in [4.69, 9.17) is 8.94 Å². The minimum Gasteiger partial charge on any atom is -0.463 e. The molecule has 8 nitrogen and oxygen atoms in total. The number of amides is 2. The minimum atomic E-state index is -0.682. The molecular weight excluding hydrogens is 312 g/mol. The van der Waals surface area contributed by atoms with Gasteiger partial charge in [0.05, 0.1) is 22.9 Å². The molecular formula is C16H16N4O4. The lowest BCUT2D eigenvalue weighted by atomic mass is 10.1. The Morgan fingerprint density at radius 3 is 2.79 bits per heavy atom. The Labute approximate surface area is 137 Å². The topological polar surface area (TPSA) is 110 Å². The van der Waals surface area contributed by atoms with Crippen LogP contribution in [0.15, 0.2) is 33.4 Å². The van der Waals surface area contributed by atoms with E-state index < -0.39 is 11.9 Å². The maximum absolute atomic E-state index is 12.6. The zero-order chi connectivity index (χ0) is 17.3. The summed E-state index contributed by atoms with van der Waals surface area (Å²) in [6.07, 6.45) is 1.51. The van der Waals surface area contributed by atoms with Gasteiger partial charge in [0, 0.05) is 7.05 Å². The fourth-order valence-corrected chi connectivity index (χ4v) is 2.38. The molecule has 2 amide bonds. The first-order chi connectivity index (χ1) is 11.5. The Morgan fingerprint density at radius 2 is 2.12 bits per heavy atom. The highest BCUT2D eigenvalue weighted by molar-refractivity contribution is 6.08. The van der Waals surface area contributed by atoms with Crippen molar-refractivity contribution in [2.45, 2.75) is 19.9 Å². The third-order valence-corrected chi connectivity index (χ3v) is 3.62. The number of carbonyl (C=O) groups is 2. The number of pyridine rings is 1. The number of rotatable bonds is 4. The SMILES string of the molecule is CNC(=O)[C@H](C)NC(=O)c1cc(-c2ccco2)nc2onc(C)c12. The van der Waals surface area contributed by atoms with Crippen LogP contribution < -0.4 is 10.6 Å². The summed E-state index contributed by atoms with van der Waals surface area (Å²) in [5.41, 5.74) is 1.54. The molecule has 0 aromatic carbocycles. The first-order valence-corrected chi connectivity index (χ1v) is 7.34. The molecule has 0 aliphatic carbocycles. The molecule has 3 rings (SSSR count). The van der Waals surface area contributed by atoms with Crippen LogP contribution in [-0.2, 0) is 4.79 Å². The van der Waals surface area contributed by atoms with Crippen LogP contribution in [0.4, 0.5) is 0 Å². The second-order valence-corrected chi connectivity index (χ2v) is 5.29. The van der Waals surface area contributed by atoms with Crippen molar-refractivity contribution in [1.82, 2.24) is 20.8 Å². The van der Waals surface area contributed by atoms with Gasteiger partial charge in [-0.25, -0.2) is 4.98 Å². The van der Waals surface area contributed by atoms with Gasteiger partial charge in [0.2, 0.25) is 5.91 Å². The Hall–Kier alpha value is -3.16. The average Bonchev–Trinajstić information content (AvgIpc) is 3.23. The number of aromatic nitrogens is 2. The molecule has 3 aromatic rings. The van der Waals surface area contributed by atoms with E-state index in [1.54, 1.807) is 32.0 Å². The molecule has 0 saturated heterocycles. The predicted octanol–water partition coefficient (Wildman–Crippen LogP) is 1.66. The molecule has 2 N–H and O–H groups in total. The van der Waals surface area contributed by atoms with Crippen LogP contribution >= 0.6 is 0 Å². The smallest absolute Gasteiger partial charge is 0.259 e. The van der Waals surface area contributed by atoms with Gasteiger partial charge in [-0.15, -0.1) is 0 Å². The van der Waals surface area contributed by atoms with Crippen LogP contribution in [0.5, 0.6) is 0 Å². The Balaban J connectivity index is 2.06. The summed E-state index contributed by atoms with van der Waals surface area (Å²) in [5, 5.41) is 9.51. The maximum atomic E-state index is 12.6. The summed E-state index contributed by atoms with van der Waals surface area (Å²) in [6.45, 7) is 3.32. The van der Waals surface area contributed by atoms with E-state index in [-0.39, 0.29) is 11.6 Å². The number of aryl methyl sites for hydroxylation is 1. The molecule has 3 heterocycles. The van der Waals surface area contributed by atoms with Gasteiger partial charge >= 0.3 is 0 Å². The third-order valence-electron chi connectivity index (χ3n) is 3.62. The summed E-state index contributed by atoms with van der Waals surface area (Å²) >= 11 is 0. The Morgan fingerprint density at radius 1 is 1.33 bits per heavy atom. The number of furan rings is 1. The summed E-state index contributed by atoms with van der Waals surface area (Å²) in [6, 6.07) is 4.36. The zero-order valence-corrected chi connectivity index (χ0v) is 13.4. The average molecular weight is 328 g/mol. The van der Waals surface area contributed by atoms with Crippen LogP contribution in [0, 0.1) is 6.92 Å². The van der Waals surface area contributed by atoms with Crippen LogP contribution in [-0.4, -0.2) is 35.0 Å². The molecule has 0 aliphatic rings. The van der Waals surface area contributed by atoms with E-state index in [2.05, 4.69) is 20.8 Å². The Kier molecular flexibility index (Phi) is 4.03. The van der Waals surface area contributed by atoms with E-state index in [1.165, 1.54) is 13.3 Å². The molecule has 0 spiro atoms. The molecule has 0 saturated carbocycles. The van der Waals surface area contributed by atoms with Gasteiger partial charge in [0.25, 0.3) is 11.6 Å². The first-order valence-electron chi connectivity index (χ1n) is 7.34. The monoisotopic (exact) mass is 328 g/mol. The van der Waals surface area contributed by atoms with Crippen molar-refractivity contribution >= 4 is 22.9 Å². The number of hydrogen-bond acceptors (Lipinski definition) is 6. The first kappa shape index (κ1) is 15.7. The van der Waals surface area contributed by atoms with Crippen molar-refractivity contribution in [3.05, 3.63) is 35.7 Å². The van der Waals surface area contributed by atoms with Crippen molar-refractivity contribution in [3.63, 3.8) is 0 Å². The van der Waals surface area contributed by atoms with Crippen molar-refractivity contribution in [2.24, 2.45) is 0 Å². The van der Waals surface area contributed by atoms with Gasteiger partial charge < -0.3 is 19.6 Å². The number of nitrogens with zero attached hydrogens (tertiary/aromatic N) is 2. The lowest BCUT2D eigenvalue weighted by Gasteiger charge is -2.13. The lowest BCUT2D eigenvalue weighted by Crippen LogP contribution is -2.43. The minimum absolute atomic E-state index is 0.235. The van der Waals surface area contributed by atoms with Crippen molar-refractivity contribution in [3.8, 4) is 11.5 Å². The molecule has 124 valence electrons. The highest BCUT2D eigenvalue weighted by atomic mass is 16.5. The van der Waals surface area contributed by atoms with E-state index in [0.29, 0.717) is 28.1 Å². The van der Waals surface area contributed by atoms with Gasteiger partial charge in [-0.2, -0.15) is 0 Å². The number of nitrogens with one attached hydrogen (secondary N) is 2. The highest BCUT2D eigenvalue weighted by Gasteiger charge is 2.22. The van der Waals surface area contributed by atoms with Crippen LogP contribution in [0.25, 0.3) is 22.6 Å². The van der Waals surface area contributed by atoms with Crippen LogP contribution in [0.3, 0.4) is 0 Å². The lowest BCUT2D eigenvalue weighted by molar-refractivity contribution is -0.122. The van der Waals surface area contributed by atoms with E-state index in [0.717, 1.165) is 0 Å². The number of likely N-dealkylation sites (N-methyl/N-ethyl adjacent to an activating group) is 1. The van der Waals surface area contributed by atoms with Gasteiger partial charge in [0.15, 0.2) is 5.76 Å². The maximum Gasteiger partial charge on any atom is 0.259 e. The molecule has 8 heteroatoms. The second-order valence-electron chi connectivity index (χ2n) is 5.29. The number of fused-ring (bicyclic) bond motifs is 1. The van der Waals surface area contributed by atoms with Crippen molar-refractivity contribution < 1.29 is 18.5 Å². The van der Waals surface area contributed by atoms with Gasteiger partial charge in [-0.05, 0) is 32.0 Å². The Bertz CT molecular complexity index is 898. The highest BCUT2D eigenvalue weighted by Crippen LogP contribution is 2.27. The van der Waals surface area contributed by atoms with E-state index in [1.807, 2.05) is 0 Å². The molecule has 0 bridgehead atoms. The van der Waals surface area contributed by atoms with Gasteiger partial charge in [0.1, 0.15) is 11.7 Å². The number of carbonyl (C=O) groups excluding carboxylic acids is 2. The van der Waals surface area contributed by atoms with Crippen LogP contribution in [0.2, 0.25) is 0 Å². The summed E-state index contributed by atoms with van der Waals surface area (Å²) in [4.78, 5) is 28.6. The summed E-state index contributed by atoms with van der Waals surface area (Å²) in [7, 11) is 1.51. The molecule has 0 unspecified atom stereocenters.